The van der Waals surface area contributed by atoms with Gasteiger partial charge < -0.3 is 10.2 Å². The molecule has 0 amide bonds. The summed E-state index contributed by atoms with van der Waals surface area (Å²) in [5, 5.41) is 19.1. The Morgan fingerprint density at radius 2 is 1.72 bits per heavy atom. The molecule has 0 aromatic heterocycles. The third-order valence-electron chi connectivity index (χ3n) is 4.57. The van der Waals surface area contributed by atoms with Gasteiger partial charge in [0, 0.05) is 19.1 Å². The molecule has 0 saturated carbocycles. The van der Waals surface area contributed by atoms with E-state index in [1.54, 1.807) is 6.07 Å². The van der Waals surface area contributed by atoms with Crippen LogP contribution in [0.5, 0.6) is 0 Å². The molecule has 0 radical (unpaired) electrons. The molecular formula is C19H20F3NO2. The first-order chi connectivity index (χ1) is 11.9. The number of β-amino-alcohol motifs (C(OH)–C–C–N with tert-alkyl or cyclic N) is 1. The zero-order chi connectivity index (χ0) is 18.0. The third-order valence-corrected chi connectivity index (χ3v) is 4.57. The Bertz CT molecular complexity index is 715. The molecule has 25 heavy (non-hydrogen) atoms. The van der Waals surface area contributed by atoms with E-state index in [1.807, 2.05) is 29.2 Å². The van der Waals surface area contributed by atoms with Gasteiger partial charge in [-0.05, 0) is 35.2 Å². The second-order valence-corrected chi connectivity index (χ2v) is 6.43. The lowest BCUT2D eigenvalue weighted by atomic mass is 10.0. The molecule has 3 nitrogen and oxygen atoms in total. The fraction of sp³-hybridized carbons (Fsp3) is 0.368. The molecule has 1 saturated heterocycles. The first-order valence-corrected chi connectivity index (χ1v) is 8.15. The summed E-state index contributed by atoms with van der Waals surface area (Å²) >= 11 is 0. The summed E-state index contributed by atoms with van der Waals surface area (Å²) in [6.45, 7) is 0.919. The molecule has 2 atom stereocenters. The Morgan fingerprint density at radius 3 is 2.36 bits per heavy atom. The summed E-state index contributed by atoms with van der Waals surface area (Å²) < 4.78 is 38.9. The van der Waals surface area contributed by atoms with Crippen LogP contribution in [-0.2, 0) is 19.3 Å². The van der Waals surface area contributed by atoms with Crippen molar-refractivity contribution < 1.29 is 23.4 Å². The van der Waals surface area contributed by atoms with Crippen molar-refractivity contribution in [2.75, 3.05) is 6.54 Å². The van der Waals surface area contributed by atoms with Crippen LogP contribution in [-0.4, -0.2) is 27.8 Å². The molecule has 0 aliphatic carbocycles. The minimum Gasteiger partial charge on any atom is -0.392 e. The molecule has 2 aromatic rings. The Hall–Kier alpha value is -1.89. The highest BCUT2D eigenvalue weighted by Gasteiger charge is 2.35. The van der Waals surface area contributed by atoms with Crippen molar-refractivity contribution in [3.8, 4) is 0 Å². The van der Waals surface area contributed by atoms with Gasteiger partial charge in [-0.2, -0.15) is 13.2 Å². The van der Waals surface area contributed by atoms with Gasteiger partial charge in [-0.1, -0.05) is 36.4 Å². The van der Waals surface area contributed by atoms with Gasteiger partial charge in [-0.15, -0.1) is 0 Å². The molecular weight excluding hydrogens is 331 g/mol. The van der Waals surface area contributed by atoms with Gasteiger partial charge in [-0.25, -0.2) is 0 Å². The van der Waals surface area contributed by atoms with Crippen molar-refractivity contribution in [2.24, 2.45) is 0 Å². The van der Waals surface area contributed by atoms with E-state index in [1.165, 1.54) is 12.1 Å². The number of nitrogens with zero attached hydrogens (tertiary/aromatic N) is 1. The molecule has 134 valence electrons. The Balaban J connectivity index is 1.81. The largest absolute Gasteiger partial charge is 0.416 e. The molecule has 1 aliphatic heterocycles. The highest BCUT2D eigenvalue weighted by atomic mass is 19.4. The minimum atomic E-state index is -4.38. The van der Waals surface area contributed by atoms with Crippen LogP contribution in [0.2, 0.25) is 0 Å². The number of halogens is 3. The van der Waals surface area contributed by atoms with Gasteiger partial charge >= 0.3 is 6.18 Å². The van der Waals surface area contributed by atoms with Gasteiger partial charge in [0.15, 0.2) is 0 Å². The molecule has 3 rings (SSSR count). The molecule has 1 heterocycles. The summed E-state index contributed by atoms with van der Waals surface area (Å²) in [4.78, 5) is 1.99. The predicted molar refractivity (Wildman–Crippen MR) is 87.6 cm³/mol. The number of aliphatic hydroxyl groups is 2. The standard InChI is InChI=1S/C19H20F3NO2/c20-19(21,22)16-3-1-2-15(8-16)18-9-17(25)11-23(18)10-13-4-6-14(12-24)7-5-13/h1-8,17-18,24-25H,9-12H2/t17-,18+/m1/s1. The third kappa shape index (κ3) is 4.21. The SMILES string of the molecule is OCc1ccc(CN2C[C@H](O)C[C@H]2c2cccc(C(F)(F)F)c2)cc1. The van der Waals surface area contributed by atoms with Crippen molar-refractivity contribution in [3.63, 3.8) is 0 Å². The molecule has 0 bridgehead atoms. The van der Waals surface area contributed by atoms with E-state index in [4.69, 9.17) is 5.11 Å². The van der Waals surface area contributed by atoms with Crippen LogP contribution >= 0.6 is 0 Å². The molecule has 1 fully saturated rings. The predicted octanol–water partition coefficient (Wildman–Crippen LogP) is 3.51. The molecule has 2 aromatic carbocycles. The second kappa shape index (κ2) is 7.15. The Kier molecular flexibility index (Phi) is 5.13. The van der Waals surface area contributed by atoms with Crippen LogP contribution in [0.4, 0.5) is 13.2 Å². The summed E-state index contributed by atoms with van der Waals surface area (Å²) in [5.74, 6) is 0. The van der Waals surface area contributed by atoms with E-state index in [2.05, 4.69) is 0 Å². The maximum absolute atomic E-state index is 13.0. The van der Waals surface area contributed by atoms with Crippen LogP contribution < -0.4 is 0 Å². The summed E-state index contributed by atoms with van der Waals surface area (Å²) in [5.41, 5.74) is 1.69. The maximum Gasteiger partial charge on any atom is 0.416 e. The first kappa shape index (κ1) is 17.9. The molecule has 1 aliphatic rings. The van der Waals surface area contributed by atoms with Crippen LogP contribution in [0.3, 0.4) is 0 Å². The van der Waals surface area contributed by atoms with E-state index >= 15 is 0 Å². The number of aliphatic hydroxyl groups excluding tert-OH is 2. The fourth-order valence-electron chi connectivity index (χ4n) is 3.31. The van der Waals surface area contributed by atoms with Crippen LogP contribution in [0.1, 0.15) is 34.7 Å². The number of likely N-dealkylation sites (tertiary alicyclic amines) is 1. The maximum atomic E-state index is 13.0. The number of rotatable bonds is 4. The van der Waals surface area contributed by atoms with E-state index in [9.17, 15) is 18.3 Å². The van der Waals surface area contributed by atoms with Gasteiger partial charge in [0.1, 0.15) is 0 Å². The highest BCUT2D eigenvalue weighted by molar-refractivity contribution is 5.29. The topological polar surface area (TPSA) is 43.7 Å². The number of alkyl halides is 3. The van der Waals surface area contributed by atoms with Crippen molar-refractivity contribution in [2.45, 2.75) is 37.9 Å². The van der Waals surface area contributed by atoms with Gasteiger partial charge in [0.25, 0.3) is 0 Å². The number of hydrogen-bond acceptors (Lipinski definition) is 3. The zero-order valence-corrected chi connectivity index (χ0v) is 13.6. The second-order valence-electron chi connectivity index (χ2n) is 6.43. The quantitative estimate of drug-likeness (QED) is 0.886. The van der Waals surface area contributed by atoms with E-state index in [0.717, 1.165) is 17.2 Å². The van der Waals surface area contributed by atoms with Crippen molar-refractivity contribution in [1.82, 2.24) is 4.90 Å². The zero-order valence-electron chi connectivity index (χ0n) is 13.6. The fourth-order valence-corrected chi connectivity index (χ4v) is 3.31. The first-order valence-electron chi connectivity index (χ1n) is 8.15. The Morgan fingerprint density at radius 1 is 1.04 bits per heavy atom. The monoisotopic (exact) mass is 351 g/mol. The average Bonchev–Trinajstić information content (AvgIpc) is 2.95. The number of benzene rings is 2. The van der Waals surface area contributed by atoms with E-state index in [-0.39, 0.29) is 12.6 Å². The Labute approximate surface area is 144 Å². The van der Waals surface area contributed by atoms with Crippen LogP contribution in [0.15, 0.2) is 48.5 Å². The smallest absolute Gasteiger partial charge is 0.392 e. The molecule has 6 heteroatoms. The van der Waals surface area contributed by atoms with Crippen molar-refractivity contribution >= 4 is 0 Å². The lowest BCUT2D eigenvalue weighted by Crippen LogP contribution is -2.24. The van der Waals surface area contributed by atoms with E-state index < -0.39 is 17.8 Å². The highest BCUT2D eigenvalue weighted by Crippen LogP contribution is 2.36. The van der Waals surface area contributed by atoms with E-state index in [0.29, 0.717) is 25.1 Å². The number of hydrogen-bond donors (Lipinski definition) is 2. The lowest BCUT2D eigenvalue weighted by Gasteiger charge is -2.25. The minimum absolute atomic E-state index is 0.0322. The lowest BCUT2D eigenvalue weighted by molar-refractivity contribution is -0.137. The van der Waals surface area contributed by atoms with Gasteiger partial charge in [-0.3, -0.25) is 4.90 Å². The molecule has 0 spiro atoms. The van der Waals surface area contributed by atoms with Crippen molar-refractivity contribution in [1.29, 1.82) is 0 Å². The molecule has 0 unspecified atom stereocenters. The van der Waals surface area contributed by atoms with Crippen LogP contribution in [0.25, 0.3) is 0 Å². The van der Waals surface area contributed by atoms with Crippen molar-refractivity contribution in [3.05, 3.63) is 70.8 Å². The summed E-state index contributed by atoms with van der Waals surface area (Å²) in [6, 6.07) is 12.5. The average molecular weight is 351 g/mol. The van der Waals surface area contributed by atoms with Crippen LogP contribution in [0, 0.1) is 0 Å². The summed E-state index contributed by atoms with van der Waals surface area (Å²) in [6.07, 6.45) is -4.52. The summed E-state index contributed by atoms with van der Waals surface area (Å²) in [7, 11) is 0. The van der Waals surface area contributed by atoms with Gasteiger partial charge in [0.2, 0.25) is 0 Å². The molecule has 2 N–H and O–H groups in total. The van der Waals surface area contributed by atoms with Gasteiger partial charge in [0.05, 0.1) is 18.3 Å². The normalized spacial score (nSPS) is 21.6.